The lowest BCUT2D eigenvalue weighted by Gasteiger charge is -2.37. The average Bonchev–Trinajstić information content (AvgIpc) is 2.41. The van der Waals surface area contributed by atoms with E-state index in [0.717, 1.165) is 5.56 Å². The second-order valence-electron chi connectivity index (χ2n) is 6.15. The van der Waals surface area contributed by atoms with E-state index < -0.39 is 23.4 Å². The van der Waals surface area contributed by atoms with Gasteiger partial charge in [-0.1, -0.05) is 6.07 Å². The molecule has 3 N–H and O–H groups in total. The lowest BCUT2D eigenvalue weighted by atomic mass is 9.72. The number of aliphatic hydroxyl groups is 3. The maximum atomic E-state index is 12.4. The maximum absolute atomic E-state index is 12.4. The van der Waals surface area contributed by atoms with Gasteiger partial charge in [0.25, 0.3) is 0 Å². The SMILES string of the molecule is COCc1cc(CO)c2c(c1)C(=O)[C@@H](O)[C@H](C(C)(C)O)C2. The van der Waals surface area contributed by atoms with E-state index in [4.69, 9.17) is 4.74 Å². The van der Waals surface area contributed by atoms with Gasteiger partial charge in [-0.15, -0.1) is 0 Å². The Morgan fingerprint density at radius 1 is 1.38 bits per heavy atom. The Morgan fingerprint density at radius 2 is 2.05 bits per heavy atom. The third-order valence-electron chi connectivity index (χ3n) is 4.13. The molecule has 21 heavy (non-hydrogen) atoms. The van der Waals surface area contributed by atoms with Gasteiger partial charge in [0.1, 0.15) is 6.10 Å². The van der Waals surface area contributed by atoms with Crippen LogP contribution in [0, 0.1) is 5.92 Å². The Labute approximate surface area is 124 Å². The monoisotopic (exact) mass is 294 g/mol. The van der Waals surface area contributed by atoms with Crippen molar-refractivity contribution in [3.63, 3.8) is 0 Å². The molecule has 2 rings (SSSR count). The fraction of sp³-hybridized carbons (Fsp3) is 0.562. The predicted octanol–water partition coefficient (Wildman–Crippen LogP) is 0.812. The Hall–Kier alpha value is -1.27. The predicted molar refractivity (Wildman–Crippen MR) is 76.9 cm³/mol. The van der Waals surface area contributed by atoms with Crippen LogP contribution in [0.15, 0.2) is 12.1 Å². The summed E-state index contributed by atoms with van der Waals surface area (Å²) >= 11 is 0. The van der Waals surface area contributed by atoms with Crippen molar-refractivity contribution in [2.75, 3.05) is 7.11 Å². The van der Waals surface area contributed by atoms with Crippen molar-refractivity contribution >= 4 is 5.78 Å². The highest BCUT2D eigenvalue weighted by Crippen LogP contribution is 2.35. The number of benzene rings is 1. The van der Waals surface area contributed by atoms with Crippen LogP contribution in [0.4, 0.5) is 0 Å². The molecule has 0 aromatic heterocycles. The summed E-state index contributed by atoms with van der Waals surface area (Å²) in [7, 11) is 1.55. The number of ether oxygens (including phenoxy) is 1. The van der Waals surface area contributed by atoms with Crippen LogP contribution < -0.4 is 0 Å². The molecule has 0 unspecified atom stereocenters. The minimum Gasteiger partial charge on any atom is -0.392 e. The van der Waals surface area contributed by atoms with Crippen molar-refractivity contribution in [3.8, 4) is 0 Å². The zero-order chi connectivity index (χ0) is 15.8. The van der Waals surface area contributed by atoms with Gasteiger partial charge in [-0.2, -0.15) is 0 Å². The number of rotatable bonds is 4. The maximum Gasteiger partial charge on any atom is 0.191 e. The molecular formula is C16H22O5. The number of hydrogen-bond donors (Lipinski definition) is 3. The first-order chi connectivity index (χ1) is 9.79. The van der Waals surface area contributed by atoms with Crippen LogP contribution in [0.1, 0.15) is 40.9 Å². The first-order valence-corrected chi connectivity index (χ1v) is 6.98. The molecule has 1 aliphatic rings. The van der Waals surface area contributed by atoms with Gasteiger partial charge in [-0.25, -0.2) is 0 Å². The molecule has 116 valence electrons. The first-order valence-electron chi connectivity index (χ1n) is 6.98. The van der Waals surface area contributed by atoms with Crippen LogP contribution in [-0.4, -0.2) is 39.9 Å². The Bertz CT molecular complexity index is 544. The van der Waals surface area contributed by atoms with Crippen molar-refractivity contribution in [1.29, 1.82) is 0 Å². The lowest BCUT2D eigenvalue weighted by Crippen LogP contribution is -2.47. The number of carbonyl (C=O) groups is 1. The van der Waals surface area contributed by atoms with Crippen LogP contribution in [0.3, 0.4) is 0 Å². The van der Waals surface area contributed by atoms with Crippen LogP contribution in [0.2, 0.25) is 0 Å². The van der Waals surface area contributed by atoms with E-state index in [1.165, 1.54) is 0 Å². The Morgan fingerprint density at radius 3 is 2.57 bits per heavy atom. The second kappa shape index (κ2) is 5.85. The molecule has 5 heteroatoms. The van der Waals surface area contributed by atoms with Crippen LogP contribution >= 0.6 is 0 Å². The number of ketones is 1. The molecular weight excluding hydrogens is 272 g/mol. The fourth-order valence-corrected chi connectivity index (χ4v) is 2.96. The summed E-state index contributed by atoms with van der Waals surface area (Å²) in [4.78, 5) is 12.4. The van der Waals surface area contributed by atoms with E-state index in [1.807, 2.05) is 0 Å². The smallest absolute Gasteiger partial charge is 0.191 e. The molecule has 0 fully saturated rings. The number of methoxy groups -OCH3 is 1. The molecule has 1 aromatic rings. The summed E-state index contributed by atoms with van der Waals surface area (Å²) in [5, 5.41) is 29.9. The standard InChI is InChI=1S/C16H22O5/c1-16(2,20)13-6-11-10(7-17)4-9(8-21-3)5-12(11)14(18)15(13)19/h4-5,13,15,17,19-20H,6-8H2,1-3H3/t13-,15+/m1/s1. The lowest BCUT2D eigenvalue weighted by molar-refractivity contribution is -0.0398. The fourth-order valence-electron chi connectivity index (χ4n) is 2.96. The molecule has 0 spiro atoms. The molecule has 1 aromatic carbocycles. The third-order valence-corrected chi connectivity index (χ3v) is 4.13. The van der Waals surface area contributed by atoms with Crippen molar-refractivity contribution in [2.45, 2.75) is 45.2 Å². The summed E-state index contributed by atoms with van der Waals surface area (Å²) in [5.74, 6) is -0.993. The number of hydrogen-bond acceptors (Lipinski definition) is 5. The number of fused-ring (bicyclic) bond motifs is 1. The summed E-state index contributed by atoms with van der Waals surface area (Å²) in [6.07, 6.45) is -0.878. The number of aliphatic hydroxyl groups excluding tert-OH is 2. The minimum absolute atomic E-state index is 0.193. The Kier molecular flexibility index (Phi) is 4.49. The third kappa shape index (κ3) is 3.01. The van der Waals surface area contributed by atoms with Gasteiger partial charge in [0.15, 0.2) is 5.78 Å². The van der Waals surface area contributed by atoms with E-state index in [1.54, 1.807) is 33.1 Å². The van der Waals surface area contributed by atoms with Gasteiger partial charge in [0.2, 0.25) is 0 Å². The molecule has 0 saturated heterocycles. The van der Waals surface area contributed by atoms with Gasteiger partial charge in [-0.3, -0.25) is 4.79 Å². The summed E-state index contributed by atoms with van der Waals surface area (Å²) in [6.45, 7) is 3.30. The summed E-state index contributed by atoms with van der Waals surface area (Å²) < 4.78 is 5.06. The number of carbonyl (C=O) groups excluding carboxylic acids is 1. The Balaban J connectivity index is 2.53. The van der Waals surface area contributed by atoms with Crippen molar-refractivity contribution < 1.29 is 24.9 Å². The van der Waals surface area contributed by atoms with E-state index in [9.17, 15) is 20.1 Å². The second-order valence-corrected chi connectivity index (χ2v) is 6.15. The topological polar surface area (TPSA) is 87.0 Å². The highest BCUT2D eigenvalue weighted by Gasteiger charge is 2.42. The average molecular weight is 294 g/mol. The van der Waals surface area contributed by atoms with Gasteiger partial charge in [0.05, 0.1) is 18.8 Å². The van der Waals surface area contributed by atoms with Gasteiger partial charge >= 0.3 is 0 Å². The molecule has 2 atom stereocenters. The molecule has 5 nitrogen and oxygen atoms in total. The quantitative estimate of drug-likeness (QED) is 0.765. The van der Waals surface area contributed by atoms with Crippen molar-refractivity contribution in [3.05, 3.63) is 34.4 Å². The van der Waals surface area contributed by atoms with Crippen molar-refractivity contribution in [1.82, 2.24) is 0 Å². The molecule has 1 aliphatic carbocycles. The zero-order valence-corrected chi connectivity index (χ0v) is 12.6. The van der Waals surface area contributed by atoms with Gasteiger partial charge in [0, 0.05) is 18.6 Å². The van der Waals surface area contributed by atoms with Crippen LogP contribution in [-0.2, 0) is 24.4 Å². The highest BCUT2D eigenvalue weighted by atomic mass is 16.5. The van der Waals surface area contributed by atoms with Crippen LogP contribution in [0.25, 0.3) is 0 Å². The molecule has 0 heterocycles. The van der Waals surface area contributed by atoms with E-state index in [0.29, 0.717) is 29.7 Å². The summed E-state index contributed by atoms with van der Waals surface area (Å²) in [5.41, 5.74) is 1.38. The largest absolute Gasteiger partial charge is 0.392 e. The van der Waals surface area contributed by atoms with E-state index >= 15 is 0 Å². The van der Waals surface area contributed by atoms with Gasteiger partial charge < -0.3 is 20.1 Å². The van der Waals surface area contributed by atoms with Crippen LogP contribution in [0.5, 0.6) is 0 Å². The van der Waals surface area contributed by atoms with Gasteiger partial charge in [-0.05, 0) is 43.0 Å². The van der Waals surface area contributed by atoms with E-state index in [-0.39, 0.29) is 6.61 Å². The van der Waals surface area contributed by atoms with Crippen molar-refractivity contribution in [2.24, 2.45) is 5.92 Å². The first kappa shape index (κ1) is 16.1. The van der Waals surface area contributed by atoms with E-state index in [2.05, 4.69) is 0 Å². The molecule has 0 saturated carbocycles. The molecule has 0 aliphatic heterocycles. The zero-order valence-electron chi connectivity index (χ0n) is 12.6. The molecule has 0 bridgehead atoms. The molecule has 0 radical (unpaired) electrons. The minimum atomic E-state index is -1.23. The molecule has 0 amide bonds. The number of Topliss-reactive ketones (excluding diaryl/α,β-unsaturated/α-hetero) is 1. The highest BCUT2D eigenvalue weighted by molar-refractivity contribution is 6.02. The normalized spacial score (nSPS) is 22.3. The summed E-state index contributed by atoms with van der Waals surface area (Å²) in [6, 6.07) is 3.50.